The maximum atomic E-state index is 11.8. The molecule has 0 fully saturated rings. The van der Waals surface area contributed by atoms with E-state index in [1.807, 2.05) is 13.8 Å². The Bertz CT molecular complexity index is 469. The largest absolute Gasteiger partial charge is 0.267 e. The highest BCUT2D eigenvalue weighted by atomic mass is 32.2. The Morgan fingerprint density at radius 3 is 1.62 bits per heavy atom. The highest BCUT2D eigenvalue weighted by Gasteiger charge is 2.27. The molecule has 0 rings (SSSR count). The Hall–Kier alpha value is -0.180. The van der Waals surface area contributed by atoms with Gasteiger partial charge in [-0.25, -0.2) is 0 Å². The summed E-state index contributed by atoms with van der Waals surface area (Å²) in [6.07, 6.45) is 1.27. The van der Waals surface area contributed by atoms with Gasteiger partial charge in [-0.15, -0.1) is 0 Å². The minimum Gasteiger partial charge on any atom is -0.264 e. The van der Waals surface area contributed by atoms with Crippen molar-refractivity contribution < 1.29 is 25.2 Å². The molecule has 0 saturated heterocycles. The monoisotopic (exact) mass is 344 g/mol. The molecule has 6 nitrogen and oxygen atoms in total. The third kappa shape index (κ3) is 9.44. The lowest BCUT2D eigenvalue weighted by atomic mass is 10.2. The molecule has 0 bridgehead atoms. The summed E-state index contributed by atoms with van der Waals surface area (Å²) in [6.45, 7) is 7.03. The number of rotatable bonds is 12. The van der Waals surface area contributed by atoms with E-state index in [2.05, 4.69) is 0 Å². The van der Waals surface area contributed by atoms with Crippen LogP contribution in [-0.2, 0) is 28.6 Å². The molecule has 21 heavy (non-hydrogen) atoms. The summed E-state index contributed by atoms with van der Waals surface area (Å²) in [5.74, 6) is -0.123. The molecule has 0 amide bonds. The first-order chi connectivity index (χ1) is 9.67. The van der Waals surface area contributed by atoms with E-state index in [9.17, 15) is 16.8 Å². The molecule has 128 valence electrons. The van der Waals surface area contributed by atoms with Gasteiger partial charge in [0.1, 0.15) is 12.2 Å². The van der Waals surface area contributed by atoms with Gasteiger partial charge < -0.3 is 0 Å². The fourth-order valence-corrected chi connectivity index (χ4v) is 4.43. The summed E-state index contributed by atoms with van der Waals surface area (Å²) >= 11 is 0. The summed E-state index contributed by atoms with van der Waals surface area (Å²) in [6, 6.07) is 0. The van der Waals surface area contributed by atoms with E-state index in [0.29, 0.717) is 19.3 Å². The van der Waals surface area contributed by atoms with Crippen molar-refractivity contribution in [2.75, 3.05) is 11.5 Å². The second-order valence-corrected chi connectivity index (χ2v) is 8.51. The van der Waals surface area contributed by atoms with E-state index >= 15 is 0 Å². The molecule has 0 aromatic carbocycles. The first kappa shape index (κ1) is 20.8. The first-order valence-electron chi connectivity index (χ1n) is 7.49. The second-order valence-electron chi connectivity index (χ2n) is 5.07. The van der Waals surface area contributed by atoms with Crippen molar-refractivity contribution in [3.05, 3.63) is 0 Å². The molecule has 0 aliphatic rings. The van der Waals surface area contributed by atoms with Crippen LogP contribution in [0, 0.1) is 0 Å². The van der Waals surface area contributed by atoms with Gasteiger partial charge in [-0.3, -0.25) is 8.37 Å². The summed E-state index contributed by atoms with van der Waals surface area (Å²) in [7, 11) is -7.29. The fraction of sp³-hybridized carbons (Fsp3) is 1.00. The molecule has 0 spiro atoms. The van der Waals surface area contributed by atoms with Gasteiger partial charge in [-0.05, 0) is 26.2 Å². The summed E-state index contributed by atoms with van der Waals surface area (Å²) in [5.41, 5.74) is 0. The molecule has 0 radical (unpaired) electrons. The van der Waals surface area contributed by atoms with Crippen molar-refractivity contribution in [2.24, 2.45) is 0 Å². The molecular weight excluding hydrogens is 316 g/mol. The predicted octanol–water partition coefficient (Wildman–Crippen LogP) is 2.45. The van der Waals surface area contributed by atoms with Crippen molar-refractivity contribution in [1.82, 2.24) is 0 Å². The van der Waals surface area contributed by atoms with Crippen LogP contribution in [0.4, 0.5) is 0 Å². The summed E-state index contributed by atoms with van der Waals surface area (Å²) < 4.78 is 57.1. The van der Waals surface area contributed by atoms with Crippen LogP contribution in [0.3, 0.4) is 0 Å². The Balaban J connectivity index is 4.66. The predicted molar refractivity (Wildman–Crippen MR) is 83.1 cm³/mol. The Morgan fingerprint density at radius 2 is 1.24 bits per heavy atom. The first-order valence-corrected chi connectivity index (χ1v) is 10.6. The quantitative estimate of drug-likeness (QED) is 0.505. The third-order valence-corrected chi connectivity index (χ3v) is 5.70. The van der Waals surface area contributed by atoms with Crippen LogP contribution in [0.25, 0.3) is 0 Å². The Kier molecular flexibility index (Phi) is 9.68. The van der Waals surface area contributed by atoms with Gasteiger partial charge in [0.2, 0.25) is 0 Å². The number of hydrogen-bond donors (Lipinski definition) is 0. The van der Waals surface area contributed by atoms with Gasteiger partial charge in [0, 0.05) is 0 Å². The van der Waals surface area contributed by atoms with Crippen LogP contribution in [0.15, 0.2) is 0 Å². The zero-order chi connectivity index (χ0) is 16.5. The van der Waals surface area contributed by atoms with Crippen molar-refractivity contribution >= 4 is 20.2 Å². The number of hydrogen-bond acceptors (Lipinski definition) is 6. The lowest BCUT2D eigenvalue weighted by molar-refractivity contribution is 0.0720. The van der Waals surface area contributed by atoms with Crippen molar-refractivity contribution in [3.63, 3.8) is 0 Å². The average molecular weight is 344 g/mol. The van der Waals surface area contributed by atoms with Crippen LogP contribution < -0.4 is 0 Å². The van der Waals surface area contributed by atoms with Crippen LogP contribution in [0.5, 0.6) is 0 Å². The van der Waals surface area contributed by atoms with E-state index in [0.717, 1.165) is 12.8 Å². The molecule has 0 aliphatic carbocycles. The molecule has 0 aromatic heterocycles. The third-order valence-electron chi connectivity index (χ3n) is 2.99. The number of unbranched alkanes of at least 4 members (excludes halogenated alkanes) is 2. The molecule has 0 N–H and O–H groups in total. The second kappa shape index (κ2) is 9.76. The molecule has 0 aliphatic heterocycles. The van der Waals surface area contributed by atoms with Crippen molar-refractivity contribution in [1.29, 1.82) is 0 Å². The van der Waals surface area contributed by atoms with E-state index < -0.39 is 32.4 Å². The molecule has 0 heterocycles. The standard InChI is InChI=1S/C13H28O6S2/c1-5-8-10-20(14,15)18-12(4)13(7-3)19-21(16,17)11-9-6-2/h12-13H,5-11H2,1-4H3. The van der Waals surface area contributed by atoms with Crippen molar-refractivity contribution in [3.8, 4) is 0 Å². The van der Waals surface area contributed by atoms with Crippen LogP contribution >= 0.6 is 0 Å². The zero-order valence-electron chi connectivity index (χ0n) is 13.4. The molecule has 8 heteroatoms. The van der Waals surface area contributed by atoms with Crippen LogP contribution in [-0.4, -0.2) is 40.5 Å². The lowest BCUT2D eigenvalue weighted by Gasteiger charge is -2.22. The topological polar surface area (TPSA) is 86.7 Å². The minimum absolute atomic E-state index is 0.0602. The summed E-state index contributed by atoms with van der Waals surface area (Å²) in [5, 5.41) is 0. The molecule has 2 atom stereocenters. The van der Waals surface area contributed by atoms with E-state index in [1.54, 1.807) is 6.92 Å². The smallest absolute Gasteiger partial charge is 0.264 e. The highest BCUT2D eigenvalue weighted by molar-refractivity contribution is 7.87. The molecule has 0 saturated carbocycles. The fourth-order valence-electron chi connectivity index (χ4n) is 1.70. The van der Waals surface area contributed by atoms with Gasteiger partial charge in [-0.1, -0.05) is 33.6 Å². The maximum absolute atomic E-state index is 11.8. The van der Waals surface area contributed by atoms with E-state index in [1.165, 1.54) is 6.92 Å². The van der Waals surface area contributed by atoms with Gasteiger partial charge in [0.05, 0.1) is 11.5 Å². The van der Waals surface area contributed by atoms with Crippen molar-refractivity contribution in [2.45, 2.75) is 72.0 Å². The van der Waals surface area contributed by atoms with Crippen LogP contribution in [0.1, 0.15) is 59.8 Å². The maximum Gasteiger partial charge on any atom is 0.267 e. The van der Waals surface area contributed by atoms with Crippen LogP contribution in [0.2, 0.25) is 0 Å². The Morgan fingerprint density at radius 1 is 0.810 bits per heavy atom. The Labute approximate surface area is 129 Å². The highest BCUT2D eigenvalue weighted by Crippen LogP contribution is 2.15. The zero-order valence-corrected chi connectivity index (χ0v) is 15.0. The van der Waals surface area contributed by atoms with Gasteiger partial charge in [0.25, 0.3) is 20.2 Å². The summed E-state index contributed by atoms with van der Waals surface area (Å²) in [4.78, 5) is 0. The normalized spacial score (nSPS) is 15.8. The van der Waals surface area contributed by atoms with Gasteiger partial charge in [-0.2, -0.15) is 16.8 Å². The average Bonchev–Trinajstić information content (AvgIpc) is 2.40. The molecule has 2 unspecified atom stereocenters. The minimum atomic E-state index is -3.65. The lowest BCUT2D eigenvalue weighted by Crippen LogP contribution is -2.34. The molecular formula is C13H28O6S2. The van der Waals surface area contributed by atoms with Gasteiger partial charge >= 0.3 is 0 Å². The van der Waals surface area contributed by atoms with E-state index in [-0.39, 0.29) is 11.5 Å². The SMILES string of the molecule is CCCCS(=O)(=O)OC(C)C(CC)OS(=O)(=O)CCCC. The van der Waals surface area contributed by atoms with E-state index in [4.69, 9.17) is 8.37 Å². The molecule has 0 aromatic rings. The van der Waals surface area contributed by atoms with Gasteiger partial charge in [0.15, 0.2) is 0 Å².